The summed E-state index contributed by atoms with van der Waals surface area (Å²) in [5.41, 5.74) is 0.667. The van der Waals surface area contributed by atoms with E-state index in [-0.39, 0.29) is 17.5 Å². The molecule has 0 aliphatic heterocycles. The highest BCUT2D eigenvalue weighted by Crippen LogP contribution is 2.26. The number of carbonyl (C=O) groups is 1. The molecular formula is C23H27FN4O3S. The number of halogens is 1. The van der Waals surface area contributed by atoms with Gasteiger partial charge in [0.15, 0.2) is 17.1 Å². The van der Waals surface area contributed by atoms with Crippen LogP contribution in [0.4, 0.5) is 10.1 Å². The van der Waals surface area contributed by atoms with Gasteiger partial charge in [-0.25, -0.2) is 4.39 Å². The van der Waals surface area contributed by atoms with Gasteiger partial charge in [-0.2, -0.15) is 0 Å². The molecule has 3 rings (SSSR count). The first-order valence-corrected chi connectivity index (χ1v) is 11.3. The van der Waals surface area contributed by atoms with Gasteiger partial charge in [-0.1, -0.05) is 31.7 Å². The zero-order chi connectivity index (χ0) is 23.1. The third kappa shape index (κ3) is 6.46. The Labute approximate surface area is 191 Å². The van der Waals surface area contributed by atoms with E-state index in [1.807, 2.05) is 23.6 Å². The lowest BCUT2D eigenvalue weighted by Crippen LogP contribution is -2.17. The monoisotopic (exact) mass is 458 g/mol. The molecule has 1 unspecified atom stereocenters. The topological polar surface area (TPSA) is 78.3 Å². The van der Waals surface area contributed by atoms with Gasteiger partial charge < -0.3 is 19.4 Å². The number of nitrogens with one attached hydrogen (secondary N) is 1. The van der Waals surface area contributed by atoms with Crippen LogP contribution in [0.2, 0.25) is 0 Å². The lowest BCUT2D eigenvalue weighted by Gasteiger charge is -2.17. The fourth-order valence-electron chi connectivity index (χ4n) is 3.04. The molecule has 0 bridgehead atoms. The molecule has 1 heterocycles. The van der Waals surface area contributed by atoms with Crippen molar-refractivity contribution in [1.29, 1.82) is 0 Å². The molecule has 170 valence electrons. The first-order valence-electron chi connectivity index (χ1n) is 10.3. The molecule has 0 saturated carbocycles. The Hall–Kier alpha value is -3.07. The molecule has 1 N–H and O–H groups in total. The van der Waals surface area contributed by atoms with Crippen molar-refractivity contribution in [3.63, 3.8) is 0 Å². The van der Waals surface area contributed by atoms with Crippen molar-refractivity contribution in [2.45, 2.75) is 38.6 Å². The number of anilines is 1. The molecule has 0 aliphatic rings. The highest BCUT2D eigenvalue weighted by molar-refractivity contribution is 7.99. The summed E-state index contributed by atoms with van der Waals surface area (Å²) >= 11 is 1.31. The summed E-state index contributed by atoms with van der Waals surface area (Å²) in [4.78, 5) is 12.4. The highest BCUT2D eigenvalue weighted by atomic mass is 32.2. The number of benzene rings is 2. The molecule has 1 aromatic heterocycles. The Kier molecular flexibility index (Phi) is 8.10. The standard InChI is InChI=1S/C23H27FN4O3S/c1-15(2)13-28-22(16(3)31-19-10-8-17(24)9-11-19)26-27-23(28)32-14-21(29)25-18-6-5-7-20(12-18)30-4/h5-12,15-16H,13-14H2,1-4H3,(H,25,29). The van der Waals surface area contributed by atoms with Crippen LogP contribution in [-0.2, 0) is 11.3 Å². The number of amides is 1. The summed E-state index contributed by atoms with van der Waals surface area (Å²) in [7, 11) is 1.58. The van der Waals surface area contributed by atoms with Crippen LogP contribution in [0.25, 0.3) is 0 Å². The van der Waals surface area contributed by atoms with Crippen LogP contribution in [0.5, 0.6) is 11.5 Å². The summed E-state index contributed by atoms with van der Waals surface area (Å²) in [6.07, 6.45) is -0.397. The molecule has 7 nitrogen and oxygen atoms in total. The van der Waals surface area contributed by atoms with Crippen molar-refractivity contribution in [3.05, 3.63) is 60.2 Å². The average Bonchev–Trinajstić information content (AvgIpc) is 3.16. The molecule has 1 amide bonds. The minimum Gasteiger partial charge on any atom is -0.497 e. The second-order valence-corrected chi connectivity index (χ2v) is 8.57. The molecule has 2 aromatic carbocycles. The molecule has 3 aromatic rings. The van der Waals surface area contributed by atoms with Crippen molar-refractivity contribution in [2.24, 2.45) is 5.92 Å². The normalized spacial score (nSPS) is 11.9. The Balaban J connectivity index is 1.68. The van der Waals surface area contributed by atoms with Gasteiger partial charge in [0.05, 0.1) is 12.9 Å². The number of carbonyl (C=O) groups excluding carboxylic acids is 1. The van der Waals surface area contributed by atoms with Crippen LogP contribution in [0.3, 0.4) is 0 Å². The molecule has 0 saturated heterocycles. The van der Waals surface area contributed by atoms with Crippen molar-refractivity contribution in [1.82, 2.24) is 14.8 Å². The van der Waals surface area contributed by atoms with Gasteiger partial charge in [0.2, 0.25) is 5.91 Å². The van der Waals surface area contributed by atoms with E-state index in [1.165, 1.54) is 23.9 Å². The maximum Gasteiger partial charge on any atom is 0.234 e. The van der Waals surface area contributed by atoms with E-state index in [0.717, 1.165) is 0 Å². The molecule has 32 heavy (non-hydrogen) atoms. The number of rotatable bonds is 10. The van der Waals surface area contributed by atoms with E-state index >= 15 is 0 Å². The number of thioether (sulfide) groups is 1. The van der Waals surface area contributed by atoms with Crippen molar-refractivity contribution >= 4 is 23.4 Å². The summed E-state index contributed by atoms with van der Waals surface area (Å²) in [6, 6.07) is 13.0. The Morgan fingerprint density at radius 2 is 1.88 bits per heavy atom. The molecule has 0 aliphatic carbocycles. The number of hydrogen-bond donors (Lipinski definition) is 1. The number of nitrogens with zero attached hydrogens (tertiary/aromatic N) is 3. The van der Waals surface area contributed by atoms with Crippen LogP contribution < -0.4 is 14.8 Å². The van der Waals surface area contributed by atoms with Gasteiger partial charge in [0.1, 0.15) is 17.3 Å². The molecule has 0 radical (unpaired) electrons. The second-order valence-electron chi connectivity index (χ2n) is 7.63. The second kappa shape index (κ2) is 11.0. The third-order valence-electron chi connectivity index (χ3n) is 4.47. The zero-order valence-electron chi connectivity index (χ0n) is 18.5. The van der Waals surface area contributed by atoms with Crippen molar-refractivity contribution in [2.75, 3.05) is 18.2 Å². The number of hydrogen-bond acceptors (Lipinski definition) is 6. The number of methoxy groups -OCH3 is 1. The first kappa shape index (κ1) is 23.6. The Morgan fingerprint density at radius 3 is 2.56 bits per heavy atom. The minimum atomic E-state index is -0.397. The van der Waals surface area contributed by atoms with Gasteiger partial charge in [0, 0.05) is 18.3 Å². The van der Waals surface area contributed by atoms with Crippen LogP contribution >= 0.6 is 11.8 Å². The van der Waals surface area contributed by atoms with E-state index in [4.69, 9.17) is 9.47 Å². The summed E-state index contributed by atoms with van der Waals surface area (Å²) < 4.78 is 26.2. The Bertz CT molecular complexity index is 1040. The molecule has 1 atom stereocenters. The van der Waals surface area contributed by atoms with Crippen LogP contribution in [0.15, 0.2) is 53.7 Å². The van der Waals surface area contributed by atoms with E-state index < -0.39 is 6.10 Å². The largest absolute Gasteiger partial charge is 0.497 e. The van der Waals surface area contributed by atoms with Gasteiger partial charge in [-0.05, 0) is 49.2 Å². The van der Waals surface area contributed by atoms with E-state index in [2.05, 4.69) is 29.4 Å². The highest BCUT2D eigenvalue weighted by Gasteiger charge is 2.21. The lowest BCUT2D eigenvalue weighted by molar-refractivity contribution is -0.113. The predicted molar refractivity (Wildman–Crippen MR) is 123 cm³/mol. The minimum absolute atomic E-state index is 0.153. The Morgan fingerprint density at radius 1 is 1.12 bits per heavy atom. The van der Waals surface area contributed by atoms with Crippen LogP contribution in [0, 0.1) is 11.7 Å². The summed E-state index contributed by atoms with van der Waals surface area (Å²) in [5.74, 6) is 1.92. The molecular weight excluding hydrogens is 431 g/mol. The SMILES string of the molecule is COc1cccc(NC(=O)CSc2nnc(C(C)Oc3ccc(F)cc3)n2CC(C)C)c1. The van der Waals surface area contributed by atoms with E-state index in [0.29, 0.717) is 40.6 Å². The van der Waals surface area contributed by atoms with Gasteiger partial charge >= 0.3 is 0 Å². The third-order valence-corrected chi connectivity index (χ3v) is 5.44. The fraction of sp³-hybridized carbons (Fsp3) is 0.348. The van der Waals surface area contributed by atoms with Crippen LogP contribution in [-0.4, -0.2) is 33.5 Å². The van der Waals surface area contributed by atoms with Gasteiger partial charge in [-0.3, -0.25) is 4.79 Å². The quantitative estimate of drug-likeness (QED) is 0.433. The molecule has 9 heteroatoms. The number of aromatic nitrogens is 3. The molecule has 0 spiro atoms. The van der Waals surface area contributed by atoms with E-state index in [1.54, 1.807) is 31.4 Å². The number of ether oxygens (including phenoxy) is 2. The predicted octanol–water partition coefficient (Wildman–Crippen LogP) is 4.95. The van der Waals surface area contributed by atoms with E-state index in [9.17, 15) is 9.18 Å². The average molecular weight is 459 g/mol. The van der Waals surface area contributed by atoms with Crippen LogP contribution in [0.1, 0.15) is 32.7 Å². The summed E-state index contributed by atoms with van der Waals surface area (Å²) in [5, 5.41) is 12.1. The van der Waals surface area contributed by atoms with Crippen molar-refractivity contribution < 1.29 is 18.7 Å². The van der Waals surface area contributed by atoms with Gasteiger partial charge in [-0.15, -0.1) is 10.2 Å². The lowest BCUT2D eigenvalue weighted by atomic mass is 10.2. The van der Waals surface area contributed by atoms with Gasteiger partial charge in [0.25, 0.3) is 0 Å². The molecule has 0 fully saturated rings. The smallest absolute Gasteiger partial charge is 0.234 e. The zero-order valence-corrected chi connectivity index (χ0v) is 19.4. The van der Waals surface area contributed by atoms with Crippen molar-refractivity contribution in [3.8, 4) is 11.5 Å². The first-order chi connectivity index (χ1) is 15.4. The summed E-state index contributed by atoms with van der Waals surface area (Å²) in [6.45, 7) is 6.74. The maximum atomic E-state index is 13.2. The maximum absolute atomic E-state index is 13.2. The fourth-order valence-corrected chi connectivity index (χ4v) is 3.80.